The Labute approximate surface area is 96.0 Å². The van der Waals surface area contributed by atoms with E-state index >= 15 is 0 Å². The van der Waals surface area contributed by atoms with Gasteiger partial charge in [-0.2, -0.15) is 0 Å². The molecule has 0 heterocycles. The molecule has 0 saturated heterocycles. The zero-order chi connectivity index (χ0) is 11.1. The normalized spacial score (nSPS) is 19.1. The first-order chi connectivity index (χ1) is 7.14. The molecule has 1 aliphatic rings. The van der Waals surface area contributed by atoms with Crippen LogP contribution >= 0.6 is 0 Å². The summed E-state index contributed by atoms with van der Waals surface area (Å²) in [7, 11) is -1.36. The summed E-state index contributed by atoms with van der Waals surface area (Å²) in [6, 6.07) is 1.33. The van der Waals surface area contributed by atoms with Gasteiger partial charge < -0.3 is 4.43 Å². The van der Waals surface area contributed by atoms with Crippen molar-refractivity contribution < 1.29 is 4.43 Å². The van der Waals surface area contributed by atoms with E-state index in [0.717, 1.165) is 0 Å². The van der Waals surface area contributed by atoms with Crippen molar-refractivity contribution in [2.75, 3.05) is 0 Å². The van der Waals surface area contributed by atoms with Crippen molar-refractivity contribution in [1.29, 1.82) is 0 Å². The molecule has 0 saturated carbocycles. The van der Waals surface area contributed by atoms with Gasteiger partial charge in [-0.3, -0.25) is 0 Å². The zero-order valence-corrected chi connectivity index (χ0v) is 11.6. The molecule has 1 aliphatic carbocycles. The molecule has 0 radical (unpaired) electrons. The third-order valence-electron chi connectivity index (χ3n) is 3.10. The lowest BCUT2D eigenvalue weighted by molar-refractivity contribution is 0.175. The van der Waals surface area contributed by atoms with E-state index in [4.69, 9.17) is 4.43 Å². The molecule has 1 rings (SSSR count). The second kappa shape index (κ2) is 6.49. The van der Waals surface area contributed by atoms with Crippen LogP contribution in [0.2, 0.25) is 19.1 Å². The molecule has 2 heteroatoms. The predicted molar refractivity (Wildman–Crippen MR) is 69.7 cm³/mol. The van der Waals surface area contributed by atoms with Crippen molar-refractivity contribution in [3.8, 4) is 0 Å². The highest BCUT2D eigenvalue weighted by Gasteiger charge is 2.25. The van der Waals surface area contributed by atoms with Crippen LogP contribution in [0.1, 0.15) is 45.4 Å². The largest absolute Gasteiger partial charge is 0.414 e. The number of hydrogen-bond acceptors (Lipinski definition) is 1. The fourth-order valence-corrected chi connectivity index (χ4v) is 4.64. The molecule has 0 N–H and O–H groups in total. The van der Waals surface area contributed by atoms with Gasteiger partial charge in [-0.05, 0) is 44.8 Å². The average Bonchev–Trinajstić information content (AvgIpc) is 2.43. The van der Waals surface area contributed by atoms with Crippen LogP contribution in [0.3, 0.4) is 0 Å². The van der Waals surface area contributed by atoms with Gasteiger partial charge >= 0.3 is 0 Å². The molecule has 0 spiro atoms. The van der Waals surface area contributed by atoms with Crippen molar-refractivity contribution in [2.24, 2.45) is 0 Å². The van der Waals surface area contributed by atoms with E-state index in [1.54, 1.807) is 0 Å². The maximum absolute atomic E-state index is 6.36. The smallest absolute Gasteiger partial charge is 0.187 e. The first kappa shape index (κ1) is 13.0. The van der Waals surface area contributed by atoms with E-state index in [1.165, 1.54) is 44.6 Å². The van der Waals surface area contributed by atoms with Crippen molar-refractivity contribution in [3.63, 3.8) is 0 Å². The van der Waals surface area contributed by atoms with Gasteiger partial charge in [0, 0.05) is 6.10 Å². The Hall–Kier alpha value is -0.0831. The Morgan fingerprint density at radius 3 is 2.33 bits per heavy atom. The van der Waals surface area contributed by atoms with Crippen molar-refractivity contribution in [2.45, 2.75) is 70.7 Å². The standard InChI is InChI=1S/C13H26OSi/c1-4-5-12-15(2,3)14-13-10-8-6-7-9-11-13/h6-7,13H,4-5,8-12H2,1-3H3. The Balaban J connectivity index is 2.31. The summed E-state index contributed by atoms with van der Waals surface area (Å²) in [5, 5.41) is 0. The molecule has 15 heavy (non-hydrogen) atoms. The number of hydrogen-bond donors (Lipinski definition) is 0. The van der Waals surface area contributed by atoms with Gasteiger partial charge in [-0.25, -0.2) is 0 Å². The van der Waals surface area contributed by atoms with E-state index in [2.05, 4.69) is 32.2 Å². The van der Waals surface area contributed by atoms with Gasteiger partial charge in [-0.15, -0.1) is 0 Å². The average molecular weight is 226 g/mol. The van der Waals surface area contributed by atoms with E-state index in [0.29, 0.717) is 6.10 Å². The summed E-state index contributed by atoms with van der Waals surface area (Å²) < 4.78 is 6.36. The molecule has 0 aliphatic heterocycles. The van der Waals surface area contributed by atoms with Gasteiger partial charge in [0.05, 0.1) is 0 Å². The van der Waals surface area contributed by atoms with Gasteiger partial charge in [0.25, 0.3) is 0 Å². The molecule has 0 bridgehead atoms. The van der Waals surface area contributed by atoms with Crippen LogP contribution in [0.25, 0.3) is 0 Å². The third kappa shape index (κ3) is 5.52. The monoisotopic (exact) mass is 226 g/mol. The van der Waals surface area contributed by atoms with E-state index in [-0.39, 0.29) is 0 Å². The topological polar surface area (TPSA) is 9.23 Å². The van der Waals surface area contributed by atoms with Crippen LogP contribution in [0.15, 0.2) is 12.2 Å². The van der Waals surface area contributed by atoms with E-state index in [1.807, 2.05) is 0 Å². The second-order valence-corrected chi connectivity index (χ2v) is 9.48. The summed E-state index contributed by atoms with van der Waals surface area (Å²) in [6.07, 6.45) is 12.7. The Kier molecular flexibility index (Phi) is 5.62. The summed E-state index contributed by atoms with van der Waals surface area (Å²) in [5.41, 5.74) is 0. The molecule has 0 atom stereocenters. The summed E-state index contributed by atoms with van der Waals surface area (Å²) in [5.74, 6) is 0. The minimum atomic E-state index is -1.36. The maximum atomic E-state index is 6.36. The fourth-order valence-electron chi connectivity index (χ4n) is 2.17. The Morgan fingerprint density at radius 1 is 1.20 bits per heavy atom. The molecule has 1 nitrogen and oxygen atoms in total. The number of allylic oxidation sites excluding steroid dienone is 2. The van der Waals surface area contributed by atoms with Gasteiger partial charge in [0.15, 0.2) is 8.32 Å². The first-order valence-electron chi connectivity index (χ1n) is 6.47. The maximum Gasteiger partial charge on any atom is 0.187 e. The molecule has 0 amide bonds. The minimum Gasteiger partial charge on any atom is -0.414 e. The van der Waals surface area contributed by atoms with Crippen LogP contribution in [-0.4, -0.2) is 14.4 Å². The molecule has 0 aromatic heterocycles. The van der Waals surface area contributed by atoms with Crippen molar-refractivity contribution >= 4 is 8.32 Å². The van der Waals surface area contributed by atoms with E-state index < -0.39 is 8.32 Å². The third-order valence-corrected chi connectivity index (χ3v) is 5.62. The lowest BCUT2D eigenvalue weighted by Gasteiger charge is -2.28. The van der Waals surface area contributed by atoms with Gasteiger partial charge in [0.1, 0.15) is 0 Å². The predicted octanol–water partition coefficient (Wildman–Crippen LogP) is 4.51. The van der Waals surface area contributed by atoms with Gasteiger partial charge in [0.2, 0.25) is 0 Å². The van der Waals surface area contributed by atoms with Crippen LogP contribution < -0.4 is 0 Å². The highest BCUT2D eigenvalue weighted by molar-refractivity contribution is 6.71. The molecule has 0 aromatic rings. The molecular formula is C13H26OSi. The van der Waals surface area contributed by atoms with Crippen molar-refractivity contribution in [3.05, 3.63) is 12.2 Å². The highest BCUT2D eigenvalue weighted by Crippen LogP contribution is 2.23. The lowest BCUT2D eigenvalue weighted by atomic mass is 10.1. The molecule has 0 aromatic carbocycles. The summed E-state index contributed by atoms with van der Waals surface area (Å²) in [4.78, 5) is 0. The van der Waals surface area contributed by atoms with Crippen LogP contribution in [-0.2, 0) is 4.43 Å². The molecular weight excluding hydrogens is 200 g/mol. The van der Waals surface area contributed by atoms with Gasteiger partial charge in [-0.1, -0.05) is 31.9 Å². The van der Waals surface area contributed by atoms with Crippen LogP contribution in [0, 0.1) is 0 Å². The SMILES string of the molecule is CCCC[Si](C)(C)OC1CCC=CCC1. The minimum absolute atomic E-state index is 0.540. The Bertz CT molecular complexity index is 189. The van der Waals surface area contributed by atoms with Crippen molar-refractivity contribution in [1.82, 2.24) is 0 Å². The molecule has 88 valence electrons. The number of unbranched alkanes of at least 4 members (excludes halogenated alkanes) is 1. The van der Waals surface area contributed by atoms with E-state index in [9.17, 15) is 0 Å². The molecule has 0 fully saturated rings. The first-order valence-corrected chi connectivity index (χ1v) is 9.58. The number of rotatable bonds is 5. The summed E-state index contributed by atoms with van der Waals surface area (Å²) in [6.45, 7) is 7.02. The summed E-state index contributed by atoms with van der Waals surface area (Å²) >= 11 is 0. The fraction of sp³-hybridized carbons (Fsp3) is 0.846. The lowest BCUT2D eigenvalue weighted by Crippen LogP contribution is -2.35. The van der Waals surface area contributed by atoms with Crippen LogP contribution in [0.5, 0.6) is 0 Å². The van der Waals surface area contributed by atoms with Crippen LogP contribution in [0.4, 0.5) is 0 Å². The Morgan fingerprint density at radius 2 is 1.80 bits per heavy atom. The zero-order valence-electron chi connectivity index (χ0n) is 10.6. The highest BCUT2D eigenvalue weighted by atomic mass is 28.4. The second-order valence-electron chi connectivity index (χ2n) is 5.23. The molecule has 0 unspecified atom stereocenters. The quantitative estimate of drug-likeness (QED) is 0.495.